The van der Waals surface area contributed by atoms with Crippen LogP contribution in [0.4, 0.5) is 0 Å². The van der Waals surface area contributed by atoms with E-state index in [1.165, 1.54) is 30.4 Å². The van der Waals surface area contributed by atoms with Crippen molar-refractivity contribution in [2.45, 2.75) is 13.8 Å². The van der Waals surface area contributed by atoms with Gasteiger partial charge in [0, 0.05) is 38.6 Å². The van der Waals surface area contributed by atoms with Gasteiger partial charge in [-0.15, -0.1) is 0 Å². The Hall–Kier alpha value is -0.837. The monoisotopic (exact) mass is 293 g/mol. The Morgan fingerprint density at radius 1 is 1.18 bits per heavy atom. The molecule has 3 N–H and O–H groups in total. The predicted molar refractivity (Wildman–Crippen MR) is 61.0 cm³/mol. The minimum absolute atomic E-state index is 0. The number of ether oxygens (including phenoxy) is 1. The quantitative estimate of drug-likeness (QED) is 0.450. The Balaban J connectivity index is 0. The molecule has 0 aliphatic heterocycles. The third-order valence-corrected chi connectivity index (χ3v) is 1.89. The second-order valence-corrected chi connectivity index (χ2v) is 3.00. The van der Waals surface area contributed by atoms with Crippen molar-refractivity contribution >= 4 is 0 Å². The molecular weight excluding hydrogens is 276 g/mol. The van der Waals surface area contributed by atoms with E-state index in [-0.39, 0.29) is 36.7 Å². The number of aromatic hydroxyl groups is 2. The summed E-state index contributed by atoms with van der Waals surface area (Å²) in [5.74, 6) is 0.384. The summed E-state index contributed by atoms with van der Waals surface area (Å²) in [6.45, 7) is 5.25. The molecular formula is C11H19NO4Zn. The summed E-state index contributed by atoms with van der Waals surface area (Å²) < 4.78 is 4.72. The first kappa shape index (κ1) is 18.5. The van der Waals surface area contributed by atoms with E-state index >= 15 is 0 Å². The van der Waals surface area contributed by atoms with E-state index in [0.717, 1.165) is 13.1 Å². The maximum atomic E-state index is 9.00. The number of benzene rings is 1. The molecule has 0 bridgehead atoms. The molecule has 0 fully saturated rings. The van der Waals surface area contributed by atoms with Gasteiger partial charge in [-0.1, -0.05) is 13.8 Å². The zero-order valence-corrected chi connectivity index (χ0v) is 13.5. The molecule has 1 rings (SSSR count). The topological polar surface area (TPSA) is 73.2 Å². The Labute approximate surface area is 114 Å². The van der Waals surface area contributed by atoms with E-state index in [1.54, 1.807) is 0 Å². The summed E-state index contributed by atoms with van der Waals surface area (Å²) in [7, 11) is 1.43. The van der Waals surface area contributed by atoms with Crippen LogP contribution in [0.3, 0.4) is 0 Å². The molecule has 0 unspecified atom stereocenters. The summed E-state index contributed by atoms with van der Waals surface area (Å²) in [5, 5.41) is 27.6. The van der Waals surface area contributed by atoms with Crippen LogP contribution in [0.2, 0.25) is 0 Å². The van der Waals surface area contributed by atoms with Crippen molar-refractivity contribution in [3.05, 3.63) is 18.2 Å². The number of phenols is 2. The van der Waals surface area contributed by atoms with Crippen molar-refractivity contribution in [1.82, 2.24) is 5.06 Å². The zero-order chi connectivity index (χ0) is 12.6. The van der Waals surface area contributed by atoms with Crippen molar-refractivity contribution in [2.75, 3.05) is 20.2 Å². The van der Waals surface area contributed by atoms with Crippen LogP contribution in [0.25, 0.3) is 0 Å². The van der Waals surface area contributed by atoms with E-state index < -0.39 is 0 Å². The molecule has 0 saturated carbocycles. The first-order valence-corrected chi connectivity index (χ1v) is 5.04. The summed E-state index contributed by atoms with van der Waals surface area (Å²) in [6.07, 6.45) is 0. The minimum atomic E-state index is 0. The van der Waals surface area contributed by atoms with Gasteiger partial charge in [0.15, 0.2) is 11.5 Å². The minimum Gasteiger partial charge on any atom is -0.508 e. The predicted octanol–water partition coefficient (Wildman–Crippen LogP) is 1.82. The molecule has 1 aromatic rings. The number of hydroxylamine groups is 2. The van der Waals surface area contributed by atoms with E-state index in [0.29, 0.717) is 0 Å². The maximum Gasteiger partial charge on any atom is 0.164 e. The third kappa shape index (κ3) is 7.96. The first-order valence-electron chi connectivity index (χ1n) is 5.04. The third-order valence-electron chi connectivity index (χ3n) is 1.89. The average molecular weight is 295 g/mol. The number of rotatable bonds is 3. The summed E-state index contributed by atoms with van der Waals surface area (Å²) in [6, 6.07) is 4.10. The van der Waals surface area contributed by atoms with Crippen molar-refractivity contribution in [3.8, 4) is 17.2 Å². The Bertz CT molecular complexity index is 306. The summed E-state index contributed by atoms with van der Waals surface area (Å²) in [4.78, 5) is 0. The molecule has 1 aromatic carbocycles. The van der Waals surface area contributed by atoms with Crippen molar-refractivity contribution in [3.63, 3.8) is 0 Å². The van der Waals surface area contributed by atoms with Crippen LogP contribution in [0.15, 0.2) is 18.2 Å². The first-order chi connectivity index (χ1) is 7.54. The largest absolute Gasteiger partial charge is 0.508 e. The van der Waals surface area contributed by atoms with Gasteiger partial charge in [-0.3, -0.25) is 0 Å². The van der Waals surface area contributed by atoms with Gasteiger partial charge in [-0.25, -0.2) is 0 Å². The fourth-order valence-corrected chi connectivity index (χ4v) is 0.890. The Morgan fingerprint density at radius 3 is 2.00 bits per heavy atom. The van der Waals surface area contributed by atoms with Gasteiger partial charge in [0.05, 0.1) is 7.11 Å². The van der Waals surface area contributed by atoms with E-state index in [1.807, 2.05) is 13.8 Å². The Morgan fingerprint density at radius 2 is 1.71 bits per heavy atom. The van der Waals surface area contributed by atoms with Gasteiger partial charge in [0.25, 0.3) is 0 Å². The van der Waals surface area contributed by atoms with Gasteiger partial charge in [-0.05, 0) is 12.1 Å². The van der Waals surface area contributed by atoms with E-state index in [2.05, 4.69) is 0 Å². The van der Waals surface area contributed by atoms with Crippen LogP contribution in [-0.2, 0) is 19.5 Å². The summed E-state index contributed by atoms with van der Waals surface area (Å²) in [5.41, 5.74) is 0. The van der Waals surface area contributed by atoms with E-state index in [4.69, 9.17) is 20.2 Å². The molecule has 6 heteroatoms. The average Bonchev–Trinajstić information content (AvgIpc) is 2.32. The van der Waals surface area contributed by atoms with E-state index in [9.17, 15) is 0 Å². The second kappa shape index (κ2) is 10.3. The van der Waals surface area contributed by atoms with Gasteiger partial charge >= 0.3 is 0 Å². The summed E-state index contributed by atoms with van der Waals surface area (Å²) >= 11 is 0. The molecule has 94 valence electrons. The normalized spacial score (nSPS) is 9.00. The maximum absolute atomic E-state index is 9.00. The molecule has 0 heterocycles. The van der Waals surface area contributed by atoms with Gasteiger partial charge in [-0.2, -0.15) is 5.06 Å². The molecule has 17 heavy (non-hydrogen) atoms. The Kier molecular flexibility index (Phi) is 11.3. The van der Waals surface area contributed by atoms with Crippen LogP contribution in [0.1, 0.15) is 13.8 Å². The van der Waals surface area contributed by atoms with Crippen molar-refractivity contribution in [2.24, 2.45) is 0 Å². The molecule has 0 aromatic heterocycles. The fourth-order valence-electron chi connectivity index (χ4n) is 0.890. The molecule has 0 aliphatic rings. The molecule has 0 radical (unpaired) electrons. The molecule has 0 aliphatic carbocycles. The van der Waals surface area contributed by atoms with Crippen LogP contribution < -0.4 is 4.74 Å². The van der Waals surface area contributed by atoms with Crippen LogP contribution in [0.5, 0.6) is 17.2 Å². The molecule has 0 spiro atoms. The standard InChI is InChI=1S/C7H8O3.C4H11NO.Zn/c1-10-7-4-5(8)2-3-6(7)9;1-3-5(6)4-2;/h2-4,8-9H,1H3;6H,3-4H2,1-2H3;. The van der Waals surface area contributed by atoms with Gasteiger partial charge < -0.3 is 20.2 Å². The molecule has 0 amide bonds. The van der Waals surface area contributed by atoms with Crippen LogP contribution in [-0.4, -0.2) is 40.7 Å². The number of nitrogens with zero attached hydrogens (tertiary/aromatic N) is 1. The number of phenolic OH excluding ortho intramolecular Hbond substituents is 2. The smallest absolute Gasteiger partial charge is 0.164 e. The fraction of sp³-hybridized carbons (Fsp3) is 0.455. The SMILES string of the molecule is CCN(O)CC.COc1cc(O)ccc1O.[Zn]. The molecule has 0 atom stereocenters. The second-order valence-electron chi connectivity index (χ2n) is 3.00. The van der Waals surface area contributed by atoms with Crippen molar-refractivity contribution in [1.29, 1.82) is 0 Å². The van der Waals surface area contributed by atoms with Crippen LogP contribution in [0, 0.1) is 0 Å². The van der Waals surface area contributed by atoms with Gasteiger partial charge in [0.2, 0.25) is 0 Å². The van der Waals surface area contributed by atoms with Gasteiger partial charge in [0.1, 0.15) is 5.75 Å². The number of methoxy groups -OCH3 is 1. The number of hydrogen-bond acceptors (Lipinski definition) is 5. The molecule has 5 nitrogen and oxygen atoms in total. The molecule has 0 saturated heterocycles. The number of hydrogen-bond donors (Lipinski definition) is 3. The van der Waals surface area contributed by atoms with Crippen LogP contribution >= 0.6 is 0 Å². The van der Waals surface area contributed by atoms with Crippen molar-refractivity contribution < 1.29 is 39.6 Å². The zero-order valence-electron chi connectivity index (χ0n) is 10.6.